The summed E-state index contributed by atoms with van der Waals surface area (Å²) in [5.74, 6) is 1.40. The molecule has 86 valence electrons. The highest BCUT2D eigenvalue weighted by molar-refractivity contribution is 5.91. The van der Waals surface area contributed by atoms with Crippen LogP contribution in [0.2, 0.25) is 0 Å². The Bertz CT molecular complexity index is 406. The van der Waals surface area contributed by atoms with Crippen LogP contribution in [0.5, 0.6) is 11.5 Å². The van der Waals surface area contributed by atoms with Crippen LogP contribution in [0.25, 0.3) is 0 Å². The molecule has 0 unspecified atom stereocenters. The minimum atomic E-state index is -0.170. The summed E-state index contributed by atoms with van der Waals surface area (Å²) in [5, 5.41) is 2.56. The Morgan fingerprint density at radius 1 is 1.31 bits per heavy atom. The largest absolute Gasteiger partial charge is 0.486 e. The summed E-state index contributed by atoms with van der Waals surface area (Å²) in [4.78, 5) is 12.9. The second kappa shape index (κ2) is 4.30. The summed E-state index contributed by atoms with van der Waals surface area (Å²) < 4.78 is 10.8. The normalized spacial score (nSPS) is 13.1. The molecule has 1 aromatic carbocycles. The van der Waals surface area contributed by atoms with E-state index < -0.39 is 0 Å². The Balaban J connectivity index is 2.26. The van der Waals surface area contributed by atoms with E-state index in [-0.39, 0.29) is 6.03 Å². The molecular weight excluding hydrogens is 208 g/mol. The standard InChI is InChI=1S/C11H14N2O3/c1-12-11(14)13(2)8-3-4-9-10(7-8)16-6-5-15-9/h3-4,7H,5-6H2,1-2H3,(H,12,14). The highest BCUT2D eigenvalue weighted by atomic mass is 16.6. The third kappa shape index (κ3) is 1.88. The number of amides is 2. The van der Waals surface area contributed by atoms with Gasteiger partial charge in [0, 0.05) is 25.8 Å². The van der Waals surface area contributed by atoms with E-state index in [1.807, 2.05) is 12.1 Å². The molecule has 0 bridgehead atoms. The van der Waals surface area contributed by atoms with Gasteiger partial charge in [-0.05, 0) is 12.1 Å². The number of hydrogen-bond donors (Lipinski definition) is 1. The number of hydrogen-bond acceptors (Lipinski definition) is 3. The lowest BCUT2D eigenvalue weighted by atomic mass is 10.2. The first-order chi connectivity index (χ1) is 7.72. The van der Waals surface area contributed by atoms with Gasteiger partial charge in [0.15, 0.2) is 11.5 Å². The molecule has 1 N–H and O–H groups in total. The SMILES string of the molecule is CNC(=O)N(C)c1ccc2c(c1)OCCO2. The number of carbonyl (C=O) groups is 1. The molecule has 2 rings (SSSR count). The van der Waals surface area contributed by atoms with Gasteiger partial charge in [0.05, 0.1) is 0 Å². The van der Waals surface area contributed by atoms with Gasteiger partial charge in [-0.25, -0.2) is 4.79 Å². The fourth-order valence-electron chi connectivity index (χ4n) is 1.53. The van der Waals surface area contributed by atoms with E-state index in [1.54, 1.807) is 20.2 Å². The zero-order valence-electron chi connectivity index (χ0n) is 9.32. The monoisotopic (exact) mass is 222 g/mol. The molecular formula is C11H14N2O3. The fourth-order valence-corrected chi connectivity index (χ4v) is 1.53. The molecule has 0 radical (unpaired) electrons. The average Bonchev–Trinajstić information content (AvgIpc) is 2.36. The van der Waals surface area contributed by atoms with Gasteiger partial charge in [-0.1, -0.05) is 0 Å². The molecule has 0 spiro atoms. The molecule has 2 amide bonds. The third-order valence-corrected chi connectivity index (χ3v) is 2.43. The quantitative estimate of drug-likeness (QED) is 0.777. The van der Waals surface area contributed by atoms with Crippen LogP contribution in [-0.4, -0.2) is 33.3 Å². The van der Waals surface area contributed by atoms with Crippen molar-refractivity contribution in [1.29, 1.82) is 0 Å². The highest BCUT2D eigenvalue weighted by Gasteiger charge is 2.15. The number of anilines is 1. The Morgan fingerprint density at radius 2 is 2.00 bits per heavy atom. The highest BCUT2D eigenvalue weighted by Crippen LogP contribution is 2.33. The van der Waals surface area contributed by atoms with Gasteiger partial charge in [0.2, 0.25) is 0 Å². The van der Waals surface area contributed by atoms with E-state index in [0.29, 0.717) is 19.0 Å². The predicted octanol–water partition coefficient (Wildman–Crippen LogP) is 1.23. The van der Waals surface area contributed by atoms with Crippen molar-refractivity contribution in [3.63, 3.8) is 0 Å². The maximum atomic E-state index is 11.4. The van der Waals surface area contributed by atoms with E-state index in [0.717, 1.165) is 11.4 Å². The van der Waals surface area contributed by atoms with Crippen LogP contribution in [0, 0.1) is 0 Å². The molecule has 5 heteroatoms. The van der Waals surface area contributed by atoms with Gasteiger partial charge in [-0.15, -0.1) is 0 Å². The number of urea groups is 1. The molecule has 5 nitrogen and oxygen atoms in total. The minimum absolute atomic E-state index is 0.170. The maximum absolute atomic E-state index is 11.4. The molecule has 1 aliphatic rings. The Kier molecular flexibility index (Phi) is 2.85. The maximum Gasteiger partial charge on any atom is 0.321 e. The number of fused-ring (bicyclic) bond motifs is 1. The van der Waals surface area contributed by atoms with Crippen molar-refractivity contribution < 1.29 is 14.3 Å². The third-order valence-electron chi connectivity index (χ3n) is 2.43. The van der Waals surface area contributed by atoms with Crippen LogP contribution >= 0.6 is 0 Å². The van der Waals surface area contributed by atoms with Crippen molar-refractivity contribution in [1.82, 2.24) is 5.32 Å². The summed E-state index contributed by atoms with van der Waals surface area (Å²) in [5.41, 5.74) is 0.767. The summed E-state index contributed by atoms with van der Waals surface area (Å²) in [7, 11) is 3.29. The van der Waals surface area contributed by atoms with E-state index in [2.05, 4.69) is 5.32 Å². The van der Waals surface area contributed by atoms with Crippen LogP contribution < -0.4 is 19.7 Å². The van der Waals surface area contributed by atoms with Gasteiger partial charge in [-0.3, -0.25) is 4.90 Å². The first-order valence-corrected chi connectivity index (χ1v) is 5.07. The molecule has 0 saturated carbocycles. The second-order valence-electron chi connectivity index (χ2n) is 3.44. The van der Waals surface area contributed by atoms with Gasteiger partial charge >= 0.3 is 6.03 Å². The van der Waals surface area contributed by atoms with E-state index >= 15 is 0 Å². The van der Waals surface area contributed by atoms with Crippen molar-refractivity contribution >= 4 is 11.7 Å². The van der Waals surface area contributed by atoms with E-state index in [1.165, 1.54) is 4.90 Å². The Labute approximate surface area is 93.9 Å². The molecule has 0 saturated heterocycles. The smallest absolute Gasteiger partial charge is 0.321 e. The lowest BCUT2D eigenvalue weighted by Gasteiger charge is -2.22. The summed E-state index contributed by atoms with van der Waals surface area (Å²) in [6.45, 7) is 1.11. The van der Waals surface area contributed by atoms with Crippen LogP contribution in [-0.2, 0) is 0 Å². The molecule has 0 fully saturated rings. The topological polar surface area (TPSA) is 50.8 Å². The van der Waals surface area contributed by atoms with Crippen molar-refractivity contribution in [3.8, 4) is 11.5 Å². The van der Waals surface area contributed by atoms with Crippen LogP contribution in [0.4, 0.5) is 10.5 Å². The molecule has 0 aromatic heterocycles. The van der Waals surface area contributed by atoms with Crippen LogP contribution in [0.15, 0.2) is 18.2 Å². The summed E-state index contributed by atoms with van der Waals surface area (Å²) >= 11 is 0. The number of rotatable bonds is 1. The molecule has 1 aliphatic heterocycles. The van der Waals surface area contributed by atoms with Gasteiger partial charge < -0.3 is 14.8 Å². The minimum Gasteiger partial charge on any atom is -0.486 e. The molecule has 1 heterocycles. The van der Waals surface area contributed by atoms with Gasteiger partial charge in [0.1, 0.15) is 13.2 Å². The molecule has 0 atom stereocenters. The number of nitrogens with zero attached hydrogens (tertiary/aromatic N) is 1. The number of ether oxygens (including phenoxy) is 2. The second-order valence-corrected chi connectivity index (χ2v) is 3.44. The summed E-state index contributed by atoms with van der Waals surface area (Å²) in [6, 6.07) is 5.26. The zero-order valence-corrected chi connectivity index (χ0v) is 9.32. The van der Waals surface area contributed by atoms with Gasteiger partial charge in [-0.2, -0.15) is 0 Å². The van der Waals surface area contributed by atoms with Crippen molar-refractivity contribution in [2.45, 2.75) is 0 Å². The van der Waals surface area contributed by atoms with Crippen molar-refractivity contribution in [2.24, 2.45) is 0 Å². The predicted molar refractivity (Wildman–Crippen MR) is 60.3 cm³/mol. The lowest BCUT2D eigenvalue weighted by molar-refractivity contribution is 0.171. The first-order valence-electron chi connectivity index (χ1n) is 5.07. The van der Waals surface area contributed by atoms with E-state index in [9.17, 15) is 4.79 Å². The van der Waals surface area contributed by atoms with Crippen molar-refractivity contribution in [3.05, 3.63) is 18.2 Å². The van der Waals surface area contributed by atoms with Gasteiger partial charge in [0.25, 0.3) is 0 Å². The number of benzene rings is 1. The first kappa shape index (κ1) is 10.6. The Morgan fingerprint density at radius 3 is 2.69 bits per heavy atom. The Hall–Kier alpha value is -1.91. The number of nitrogens with one attached hydrogen (secondary N) is 1. The van der Waals surface area contributed by atoms with Crippen LogP contribution in [0.3, 0.4) is 0 Å². The zero-order chi connectivity index (χ0) is 11.5. The average molecular weight is 222 g/mol. The summed E-state index contributed by atoms with van der Waals surface area (Å²) in [6.07, 6.45) is 0. The molecule has 0 aliphatic carbocycles. The van der Waals surface area contributed by atoms with Crippen molar-refractivity contribution in [2.75, 3.05) is 32.2 Å². The molecule has 16 heavy (non-hydrogen) atoms. The lowest BCUT2D eigenvalue weighted by Crippen LogP contribution is -2.34. The van der Waals surface area contributed by atoms with E-state index in [4.69, 9.17) is 9.47 Å². The molecule has 1 aromatic rings. The van der Waals surface area contributed by atoms with Crippen LogP contribution in [0.1, 0.15) is 0 Å². The number of carbonyl (C=O) groups excluding carboxylic acids is 1. The fraction of sp³-hybridized carbons (Fsp3) is 0.364.